The van der Waals surface area contributed by atoms with E-state index in [0.29, 0.717) is 22.7 Å². The number of hydrogen-bond donors (Lipinski definition) is 0. The Balaban J connectivity index is 0.000000125. The van der Waals surface area contributed by atoms with E-state index in [1.165, 1.54) is 24.1 Å². The monoisotopic (exact) mass is 1260 g/mol. The van der Waals surface area contributed by atoms with E-state index >= 15 is 0 Å². The highest BCUT2D eigenvalue weighted by molar-refractivity contribution is 6.11. The first-order valence-corrected chi connectivity index (χ1v) is 34.1. The van der Waals surface area contributed by atoms with Gasteiger partial charge in [0.1, 0.15) is 5.69 Å². The molecule has 10 heterocycles. The second-order valence-electron chi connectivity index (χ2n) is 29.6. The number of furan rings is 3. The van der Waals surface area contributed by atoms with Gasteiger partial charge in [-0.25, -0.2) is 15.0 Å². The smallest absolute Gasteiger partial charge is 0.227 e. The maximum atomic E-state index is 9.34. The molecule has 11 aromatic rings. The van der Waals surface area contributed by atoms with Crippen LogP contribution in [0.25, 0.3) is 71.9 Å². The number of rotatable bonds is 4. The van der Waals surface area contributed by atoms with E-state index < -0.39 is 54.0 Å². The van der Waals surface area contributed by atoms with Gasteiger partial charge in [-0.15, -0.1) is 9.36 Å². The van der Waals surface area contributed by atoms with Crippen LogP contribution in [0.3, 0.4) is 0 Å². The molecule has 11 nitrogen and oxygen atoms in total. The molecule has 2 saturated carbocycles. The van der Waals surface area contributed by atoms with Crippen molar-refractivity contribution in [2.45, 2.75) is 236 Å². The molecular formula is C82H103N8O3+. The molecule has 5 fully saturated rings. The predicted octanol–water partition coefficient (Wildman–Crippen LogP) is 21.2. The van der Waals surface area contributed by atoms with Crippen LogP contribution in [0.4, 0.5) is 17.1 Å². The zero-order chi connectivity index (χ0) is 73.8. The predicted molar refractivity (Wildman–Crippen MR) is 387 cm³/mol. The molecule has 3 saturated heterocycles. The Bertz CT molecular complexity index is 5030. The number of para-hydroxylation sites is 1. The van der Waals surface area contributed by atoms with Gasteiger partial charge >= 0.3 is 0 Å². The van der Waals surface area contributed by atoms with Crippen LogP contribution in [-0.2, 0) is 7.05 Å². The zero-order valence-electron chi connectivity index (χ0n) is 67.2. The second-order valence-corrected chi connectivity index (χ2v) is 29.6. The van der Waals surface area contributed by atoms with Crippen molar-refractivity contribution in [2.24, 2.45) is 23.3 Å². The van der Waals surface area contributed by atoms with Crippen molar-refractivity contribution < 1.29 is 30.3 Å². The van der Waals surface area contributed by atoms with E-state index in [0.717, 1.165) is 140 Å². The number of anilines is 3. The average molecular weight is 1260 g/mol. The second kappa shape index (κ2) is 23.7. The molecule has 3 aliphatic heterocycles. The molecule has 93 heavy (non-hydrogen) atoms. The van der Waals surface area contributed by atoms with Crippen LogP contribution < -0.4 is 19.4 Å². The SMILES string of the molecule is Cc1ccccc1-n1ccc[n+]1C.[2H]C([2H])([2H])C1(C)C(C)N(c2c(C)ccc3c2oc2nc(C)ccc23)C(C)(C)C1([2H])[2H].[2H]C1([2H])C2(CCCCC2)C(C)N(c2c(C)ccc3c2oc2nc(C)ccc23)C1(C)C.[2H]C1([2H])C2(CCCCC2)C(C)N(c2c(C)ccc3c2oc2ncccc23)C1(C)C. The highest BCUT2D eigenvalue weighted by Gasteiger charge is 2.56. The fourth-order valence-electron chi connectivity index (χ4n) is 17.4. The van der Waals surface area contributed by atoms with Gasteiger partial charge in [-0.2, -0.15) is 0 Å². The highest BCUT2D eigenvalue weighted by atomic mass is 16.3. The summed E-state index contributed by atoms with van der Waals surface area (Å²) in [6, 6.07) is 34.5. The largest absolute Gasteiger partial charge is 0.436 e. The molecule has 16 rings (SSSR count). The molecule has 11 heteroatoms. The summed E-state index contributed by atoms with van der Waals surface area (Å²) in [7, 11) is 2.03. The lowest BCUT2D eigenvalue weighted by molar-refractivity contribution is -0.744. The van der Waals surface area contributed by atoms with Gasteiger partial charge in [0, 0.05) is 103 Å². The van der Waals surface area contributed by atoms with Crippen LogP contribution in [0.5, 0.6) is 0 Å². The molecule has 4 aromatic carbocycles. The first kappa shape index (κ1) is 53.7. The maximum absolute atomic E-state index is 9.34. The number of aryl methyl sites for hydroxylation is 7. The van der Waals surface area contributed by atoms with E-state index in [2.05, 4.69) is 157 Å². The Labute approximate surface area is 565 Å². The third kappa shape index (κ3) is 11.1. The summed E-state index contributed by atoms with van der Waals surface area (Å²) in [4.78, 5) is 20.2. The van der Waals surface area contributed by atoms with Gasteiger partial charge in [0.15, 0.2) is 30.0 Å². The van der Waals surface area contributed by atoms with Gasteiger partial charge in [0.25, 0.3) is 0 Å². The molecule has 4 atom stereocenters. The Kier molecular flexibility index (Phi) is 13.7. The molecule has 0 N–H and O–H groups in total. The summed E-state index contributed by atoms with van der Waals surface area (Å²) >= 11 is 0. The highest BCUT2D eigenvalue weighted by Crippen LogP contribution is 2.59. The molecule has 7 aromatic heterocycles. The number of pyridine rings is 3. The van der Waals surface area contributed by atoms with Gasteiger partial charge in [-0.05, 0) is 230 Å². The molecule has 5 aliphatic rings. The number of hydrogen-bond acceptors (Lipinski definition) is 9. The van der Waals surface area contributed by atoms with Crippen LogP contribution in [-0.4, -0.2) is 54.4 Å². The van der Waals surface area contributed by atoms with Gasteiger partial charge in [-0.3, -0.25) is 0 Å². The van der Waals surface area contributed by atoms with Gasteiger partial charge < -0.3 is 28.0 Å². The molecule has 488 valence electrons. The van der Waals surface area contributed by atoms with E-state index in [-0.39, 0.29) is 22.9 Å². The van der Waals surface area contributed by atoms with E-state index in [9.17, 15) is 5.48 Å². The fraction of sp³-hybridized carbons (Fsp3) is 0.488. The minimum Gasteiger partial charge on any atom is -0.436 e. The number of fused-ring (bicyclic) bond motifs is 9. The van der Waals surface area contributed by atoms with Crippen molar-refractivity contribution in [2.75, 3.05) is 14.7 Å². The molecular weight excluding hydrogens is 1140 g/mol. The first-order valence-electron chi connectivity index (χ1n) is 38.6. The Morgan fingerprint density at radius 1 is 0.462 bits per heavy atom. The van der Waals surface area contributed by atoms with Crippen molar-refractivity contribution in [3.8, 4) is 5.69 Å². The summed E-state index contributed by atoms with van der Waals surface area (Å²) < 4.78 is 103. The Morgan fingerprint density at radius 3 is 1.31 bits per heavy atom. The van der Waals surface area contributed by atoms with Crippen molar-refractivity contribution in [1.82, 2.24) is 19.6 Å². The van der Waals surface area contributed by atoms with Gasteiger partial charge in [0.2, 0.25) is 17.1 Å². The molecule has 2 spiro atoms. The molecule has 0 bridgehead atoms. The van der Waals surface area contributed by atoms with E-state index in [4.69, 9.17) is 20.1 Å². The summed E-state index contributed by atoms with van der Waals surface area (Å²) in [6.07, 6.45) is 12.0. The number of benzene rings is 4. The van der Waals surface area contributed by atoms with Crippen LogP contribution >= 0.6 is 0 Å². The van der Waals surface area contributed by atoms with Crippen molar-refractivity contribution in [3.05, 3.63) is 155 Å². The summed E-state index contributed by atoms with van der Waals surface area (Å²) in [6.45, 7) is 29.4. The van der Waals surface area contributed by atoms with Crippen molar-refractivity contribution in [1.29, 1.82) is 0 Å². The Morgan fingerprint density at radius 2 is 0.882 bits per heavy atom. The quantitative estimate of drug-likeness (QED) is 0.160. The van der Waals surface area contributed by atoms with Gasteiger partial charge in [-0.1, -0.05) is 107 Å². The standard InChI is InChI=1S/C25H32N2O.C24H30N2O.C22H28N2O.C11H13N2/c1-16-9-11-19-20-12-10-17(2)26-23(20)28-22(19)21(16)27-18(3)25(15-24(27,4)5)13-7-6-8-14-25;1-16-10-11-18-19-9-8-14-25-22(19)27-21(18)20(16)26-17(2)24(15-23(26,3)4)12-6-5-7-13-24;1-13-8-10-16-17-11-9-14(2)23-20(17)25-19(16)18(13)24-15(3)21(4,5)12-22(24,6)7;1-10-6-3-4-7-11(10)13-9-5-8-12(13)2/h9-12,18H,6-8,13-15H2,1-5H3;8-11,14,17H,5-7,12-13,15H2,1-4H3;8-11,15H,12H2,1-7H3;3-9H,1-2H3/q;;;+1/i2*15D2;4D3,12D2;. The van der Waals surface area contributed by atoms with Crippen LogP contribution in [0.15, 0.2) is 135 Å². The van der Waals surface area contributed by atoms with Gasteiger partial charge in [0.05, 0.1) is 23.3 Å². The lowest BCUT2D eigenvalue weighted by Crippen LogP contribution is -2.44. The average Bonchev–Trinajstić information content (AvgIpc) is 1.60. The normalized spacial score (nSPS) is 25.9. The van der Waals surface area contributed by atoms with Crippen LogP contribution in [0.2, 0.25) is 0 Å². The minimum absolute atomic E-state index is 0.0926. The Hall–Kier alpha value is -7.66. The molecule has 4 unspecified atom stereocenters. The molecule has 2 aliphatic carbocycles. The molecule has 0 radical (unpaired) electrons. The lowest BCUT2D eigenvalue weighted by Gasteiger charge is -2.41. The number of aromatic nitrogens is 5. The van der Waals surface area contributed by atoms with Crippen LogP contribution in [0.1, 0.15) is 205 Å². The fourth-order valence-corrected chi connectivity index (χ4v) is 17.4. The topological polar surface area (TPSA) is 96.6 Å². The maximum Gasteiger partial charge on any atom is 0.227 e. The molecule has 0 amide bonds. The van der Waals surface area contributed by atoms with E-state index in [1.54, 1.807) is 27.0 Å². The lowest BCUT2D eigenvalue weighted by atomic mass is 9.68. The minimum atomic E-state index is -2.48. The first-order chi connectivity index (χ1) is 47.8. The summed E-state index contributed by atoms with van der Waals surface area (Å²) in [5.41, 5.74) is 9.79. The third-order valence-corrected chi connectivity index (χ3v) is 21.8. The van der Waals surface area contributed by atoms with Crippen molar-refractivity contribution in [3.63, 3.8) is 0 Å². The number of nitrogens with zero attached hydrogens (tertiary/aromatic N) is 8. The van der Waals surface area contributed by atoms with Crippen molar-refractivity contribution >= 4 is 83.3 Å². The van der Waals surface area contributed by atoms with Crippen LogP contribution in [0, 0.1) is 57.8 Å². The zero-order valence-corrected chi connectivity index (χ0v) is 58.2. The third-order valence-electron chi connectivity index (χ3n) is 21.8. The summed E-state index contributed by atoms with van der Waals surface area (Å²) in [5.74, 6) is 0. The van der Waals surface area contributed by atoms with E-state index in [1.807, 2.05) is 94.4 Å². The summed E-state index contributed by atoms with van der Waals surface area (Å²) in [5, 5.41) is 5.95.